The molecule has 1 atom stereocenters. The zero-order chi connectivity index (χ0) is 20.1. The molecule has 1 aromatic rings. The number of carbonyl (C=O) groups excluding carboxylic acids is 2. The fourth-order valence-corrected chi connectivity index (χ4v) is 4.85. The van der Waals surface area contributed by atoms with Crippen molar-refractivity contribution in [2.24, 2.45) is 11.3 Å². The van der Waals surface area contributed by atoms with Crippen LogP contribution in [0, 0.1) is 11.3 Å². The number of nitrogens with zero attached hydrogens (tertiary/aromatic N) is 2. The van der Waals surface area contributed by atoms with Gasteiger partial charge in [0.1, 0.15) is 5.69 Å². The average molecular weight is 391 g/mol. The lowest BCUT2D eigenvalue weighted by Gasteiger charge is -2.44. The number of likely N-dealkylation sites (tertiary alicyclic amines) is 1. The Morgan fingerprint density at radius 2 is 2.07 bits per heavy atom. The van der Waals surface area contributed by atoms with E-state index in [1.54, 1.807) is 12.3 Å². The summed E-state index contributed by atoms with van der Waals surface area (Å²) in [7, 11) is 4.03. The highest BCUT2D eigenvalue weighted by Crippen LogP contribution is 2.33. The Bertz CT molecular complexity index is 653. The second-order valence-electron chi connectivity index (χ2n) is 8.87. The molecule has 3 rings (SSSR count). The fraction of sp³-hybridized carbons (Fsp3) is 0.714. The quantitative estimate of drug-likeness (QED) is 0.686. The second-order valence-corrected chi connectivity index (χ2v) is 8.87. The van der Waals surface area contributed by atoms with E-state index in [9.17, 15) is 14.7 Å². The van der Waals surface area contributed by atoms with Crippen molar-refractivity contribution in [3.8, 4) is 0 Å². The van der Waals surface area contributed by atoms with Crippen molar-refractivity contribution in [2.45, 2.75) is 44.6 Å². The van der Waals surface area contributed by atoms with Crippen LogP contribution < -0.4 is 5.32 Å². The molecule has 28 heavy (non-hydrogen) atoms. The van der Waals surface area contributed by atoms with Gasteiger partial charge in [-0.2, -0.15) is 0 Å². The fourth-order valence-electron chi connectivity index (χ4n) is 4.85. The van der Waals surface area contributed by atoms with Gasteiger partial charge in [-0.1, -0.05) is 0 Å². The SMILES string of the molecule is CN(C)CC1(CO)CCCN(C(=O)C2CCC(NC(=O)c3ccc[nH]3)CC2)C1. The molecule has 1 unspecified atom stereocenters. The lowest BCUT2D eigenvalue weighted by molar-refractivity contribution is -0.141. The van der Waals surface area contributed by atoms with Gasteiger partial charge in [-0.05, 0) is 64.8 Å². The minimum Gasteiger partial charge on any atom is -0.396 e. The van der Waals surface area contributed by atoms with Gasteiger partial charge >= 0.3 is 0 Å². The summed E-state index contributed by atoms with van der Waals surface area (Å²) in [4.78, 5) is 32.3. The summed E-state index contributed by atoms with van der Waals surface area (Å²) in [5.41, 5.74) is 0.367. The predicted octanol–water partition coefficient (Wildman–Crippen LogP) is 1.47. The molecule has 2 heterocycles. The topological polar surface area (TPSA) is 88.7 Å². The number of piperidine rings is 1. The molecule has 1 saturated heterocycles. The maximum absolute atomic E-state index is 13.1. The third kappa shape index (κ3) is 4.94. The van der Waals surface area contributed by atoms with Crippen molar-refractivity contribution in [2.75, 3.05) is 40.3 Å². The van der Waals surface area contributed by atoms with E-state index in [4.69, 9.17) is 0 Å². The van der Waals surface area contributed by atoms with Crippen LogP contribution in [-0.4, -0.2) is 78.1 Å². The summed E-state index contributed by atoms with van der Waals surface area (Å²) in [5.74, 6) is 0.185. The van der Waals surface area contributed by atoms with Crippen molar-refractivity contribution in [3.63, 3.8) is 0 Å². The first-order valence-electron chi connectivity index (χ1n) is 10.4. The Hall–Kier alpha value is -1.86. The van der Waals surface area contributed by atoms with Crippen molar-refractivity contribution < 1.29 is 14.7 Å². The van der Waals surface area contributed by atoms with E-state index in [1.165, 1.54) is 0 Å². The number of aliphatic hydroxyl groups excluding tert-OH is 1. The number of aliphatic hydroxyl groups is 1. The molecule has 7 heteroatoms. The zero-order valence-corrected chi connectivity index (χ0v) is 17.1. The van der Waals surface area contributed by atoms with E-state index in [0.717, 1.165) is 51.6 Å². The molecule has 2 aliphatic rings. The van der Waals surface area contributed by atoms with Crippen LogP contribution in [0.25, 0.3) is 0 Å². The summed E-state index contributed by atoms with van der Waals surface area (Å²) >= 11 is 0. The van der Waals surface area contributed by atoms with Gasteiger partial charge in [0.25, 0.3) is 5.91 Å². The van der Waals surface area contributed by atoms with Crippen LogP contribution in [0.4, 0.5) is 0 Å². The standard InChI is InChI=1S/C21H34N4O3/c1-24(2)13-21(15-26)10-4-12-25(14-21)20(28)16-6-8-17(9-7-16)23-19(27)18-5-3-11-22-18/h3,5,11,16-17,22,26H,4,6-10,12-15H2,1-2H3,(H,23,27). The molecule has 1 saturated carbocycles. The van der Waals surface area contributed by atoms with E-state index in [-0.39, 0.29) is 35.8 Å². The van der Waals surface area contributed by atoms with E-state index in [1.807, 2.05) is 25.1 Å². The third-order valence-corrected chi connectivity index (χ3v) is 6.21. The molecule has 2 amide bonds. The molecule has 0 bridgehead atoms. The summed E-state index contributed by atoms with van der Waals surface area (Å²) in [6, 6.07) is 3.71. The van der Waals surface area contributed by atoms with Gasteiger partial charge in [0.05, 0.1) is 6.61 Å². The summed E-state index contributed by atoms with van der Waals surface area (Å²) < 4.78 is 0. The summed E-state index contributed by atoms with van der Waals surface area (Å²) in [6.07, 6.45) is 6.94. The first-order valence-corrected chi connectivity index (χ1v) is 10.4. The van der Waals surface area contributed by atoms with Crippen LogP contribution in [0.5, 0.6) is 0 Å². The van der Waals surface area contributed by atoms with E-state index < -0.39 is 0 Å². The molecule has 0 aromatic carbocycles. The van der Waals surface area contributed by atoms with Gasteiger partial charge in [0.2, 0.25) is 5.91 Å². The zero-order valence-electron chi connectivity index (χ0n) is 17.1. The number of carbonyl (C=O) groups is 2. The Kier molecular flexibility index (Phi) is 6.78. The predicted molar refractivity (Wildman–Crippen MR) is 108 cm³/mol. The lowest BCUT2D eigenvalue weighted by atomic mass is 9.78. The number of rotatable bonds is 6. The van der Waals surface area contributed by atoms with Gasteiger partial charge in [-0.15, -0.1) is 0 Å². The van der Waals surface area contributed by atoms with Gasteiger partial charge in [0, 0.05) is 43.2 Å². The number of aromatic amines is 1. The highest BCUT2D eigenvalue weighted by molar-refractivity contribution is 5.92. The minimum atomic E-state index is -0.210. The monoisotopic (exact) mass is 390 g/mol. The number of aromatic nitrogens is 1. The van der Waals surface area contributed by atoms with Gasteiger partial charge in [-0.3, -0.25) is 9.59 Å². The van der Waals surface area contributed by atoms with Crippen LogP contribution in [0.3, 0.4) is 0 Å². The summed E-state index contributed by atoms with van der Waals surface area (Å²) in [5, 5.41) is 13.1. The number of hydrogen-bond donors (Lipinski definition) is 3. The number of hydrogen-bond acceptors (Lipinski definition) is 4. The Labute approximate surface area is 167 Å². The van der Waals surface area contributed by atoms with Crippen molar-refractivity contribution >= 4 is 11.8 Å². The smallest absolute Gasteiger partial charge is 0.267 e. The normalized spacial score (nSPS) is 28.4. The molecule has 0 radical (unpaired) electrons. The summed E-state index contributed by atoms with van der Waals surface area (Å²) in [6.45, 7) is 2.35. The Morgan fingerprint density at radius 3 is 2.68 bits per heavy atom. The van der Waals surface area contributed by atoms with Gasteiger partial charge < -0.3 is 25.2 Å². The Balaban J connectivity index is 1.51. The van der Waals surface area contributed by atoms with Crippen LogP contribution in [0.1, 0.15) is 49.0 Å². The van der Waals surface area contributed by atoms with E-state index in [0.29, 0.717) is 12.2 Å². The van der Waals surface area contributed by atoms with Crippen LogP contribution in [0.15, 0.2) is 18.3 Å². The van der Waals surface area contributed by atoms with Gasteiger partial charge in [-0.25, -0.2) is 0 Å². The molecular weight excluding hydrogens is 356 g/mol. The molecule has 0 spiro atoms. The third-order valence-electron chi connectivity index (χ3n) is 6.21. The van der Waals surface area contributed by atoms with Crippen LogP contribution in [-0.2, 0) is 4.79 Å². The second kappa shape index (κ2) is 9.09. The molecule has 156 valence electrons. The first kappa shape index (κ1) is 20.9. The molecule has 1 aliphatic heterocycles. The van der Waals surface area contributed by atoms with Crippen molar-refractivity contribution in [1.82, 2.24) is 20.1 Å². The van der Waals surface area contributed by atoms with E-state index >= 15 is 0 Å². The van der Waals surface area contributed by atoms with Crippen LogP contribution >= 0.6 is 0 Å². The lowest BCUT2D eigenvalue weighted by Crippen LogP contribution is -2.53. The first-order chi connectivity index (χ1) is 13.4. The molecule has 2 fully saturated rings. The van der Waals surface area contributed by atoms with E-state index in [2.05, 4.69) is 15.2 Å². The average Bonchev–Trinajstić information content (AvgIpc) is 3.23. The molecule has 7 nitrogen and oxygen atoms in total. The Morgan fingerprint density at radius 1 is 1.32 bits per heavy atom. The molecular formula is C21H34N4O3. The highest BCUT2D eigenvalue weighted by atomic mass is 16.3. The number of amides is 2. The van der Waals surface area contributed by atoms with Crippen LogP contribution in [0.2, 0.25) is 0 Å². The highest BCUT2D eigenvalue weighted by Gasteiger charge is 2.39. The maximum Gasteiger partial charge on any atom is 0.267 e. The van der Waals surface area contributed by atoms with Crippen molar-refractivity contribution in [1.29, 1.82) is 0 Å². The van der Waals surface area contributed by atoms with Gasteiger partial charge in [0.15, 0.2) is 0 Å². The maximum atomic E-state index is 13.1. The largest absolute Gasteiger partial charge is 0.396 e. The molecule has 1 aliphatic carbocycles. The minimum absolute atomic E-state index is 0.0347. The molecule has 3 N–H and O–H groups in total. The van der Waals surface area contributed by atoms with Crippen molar-refractivity contribution in [3.05, 3.63) is 24.0 Å². The molecule has 1 aromatic heterocycles. The number of nitrogens with one attached hydrogen (secondary N) is 2. The number of H-pyrrole nitrogens is 1.